The molecule has 1 saturated carbocycles. The van der Waals surface area contributed by atoms with Crippen LogP contribution in [0.25, 0.3) is 5.57 Å². The molecule has 0 radical (unpaired) electrons. The average Bonchev–Trinajstić information content (AvgIpc) is 2.51. The van der Waals surface area contributed by atoms with E-state index in [1.165, 1.54) is 37.7 Å². The standard InChI is InChI=1S/C19H23ClF.Rb/c1-13-5-7-14(8-6-13)15-9-11-16(12-10-15)17-3-2-4-18(21)19(17)20;/h2-3,11,13-15H,5-10,12H2,1H3;/q-1;+1. The second-order valence-electron chi connectivity index (χ2n) is 6.80. The molecule has 1 atom stereocenters. The van der Waals surface area contributed by atoms with E-state index in [1.54, 1.807) is 6.07 Å². The number of benzene rings is 1. The van der Waals surface area contributed by atoms with Crippen LogP contribution in [0.3, 0.4) is 0 Å². The molecule has 22 heavy (non-hydrogen) atoms. The monoisotopic (exact) mass is 390 g/mol. The van der Waals surface area contributed by atoms with Crippen molar-refractivity contribution >= 4 is 17.2 Å². The Morgan fingerprint density at radius 3 is 2.50 bits per heavy atom. The molecular weight excluding hydrogens is 368 g/mol. The van der Waals surface area contributed by atoms with Crippen LogP contribution in [0.4, 0.5) is 4.39 Å². The van der Waals surface area contributed by atoms with Crippen LogP contribution in [0, 0.1) is 29.6 Å². The molecule has 0 bridgehead atoms. The molecule has 0 saturated heterocycles. The van der Waals surface area contributed by atoms with Crippen LogP contribution in [0.15, 0.2) is 18.2 Å². The van der Waals surface area contributed by atoms with Crippen molar-refractivity contribution in [2.45, 2.75) is 51.9 Å². The summed E-state index contributed by atoms with van der Waals surface area (Å²) in [6.45, 7) is 2.37. The van der Waals surface area contributed by atoms with Crippen LogP contribution in [-0.2, 0) is 0 Å². The first-order valence-corrected chi connectivity index (χ1v) is 8.58. The maximum Gasteiger partial charge on any atom is 1.00 e. The summed E-state index contributed by atoms with van der Waals surface area (Å²) < 4.78 is 13.5. The Labute approximate surface area is 187 Å². The molecule has 0 spiro atoms. The third-order valence-corrected chi connectivity index (χ3v) is 5.78. The molecule has 1 fully saturated rings. The van der Waals surface area contributed by atoms with Gasteiger partial charge in [0.15, 0.2) is 0 Å². The first-order valence-electron chi connectivity index (χ1n) is 8.20. The first kappa shape index (κ1) is 19.3. The van der Waals surface area contributed by atoms with Gasteiger partial charge in [0, 0.05) is 5.82 Å². The van der Waals surface area contributed by atoms with Crippen molar-refractivity contribution in [1.29, 1.82) is 0 Å². The van der Waals surface area contributed by atoms with Gasteiger partial charge in [0.05, 0.1) is 0 Å². The van der Waals surface area contributed by atoms with Crippen molar-refractivity contribution in [3.63, 3.8) is 0 Å². The van der Waals surface area contributed by atoms with E-state index in [4.69, 9.17) is 11.6 Å². The number of halogens is 2. The van der Waals surface area contributed by atoms with Gasteiger partial charge in [-0.3, -0.25) is 0 Å². The molecule has 3 rings (SSSR count). The third kappa shape index (κ3) is 4.54. The third-order valence-electron chi connectivity index (χ3n) is 5.41. The van der Waals surface area contributed by atoms with Crippen LogP contribution in [0.1, 0.15) is 57.4 Å². The predicted molar refractivity (Wildman–Crippen MR) is 86.7 cm³/mol. The SMILES string of the molecule is CC1CCC(C2CC=C(c3cc[c-]c(F)c3Cl)CC2)CC1.[Rb+]. The largest absolute Gasteiger partial charge is 1.00 e. The van der Waals surface area contributed by atoms with Crippen molar-refractivity contribution < 1.29 is 62.6 Å². The maximum absolute atomic E-state index is 13.5. The summed E-state index contributed by atoms with van der Waals surface area (Å²) in [5, 5.41) is 0.230. The normalized spacial score (nSPS) is 28.7. The Balaban J connectivity index is 0.00000176. The quantitative estimate of drug-likeness (QED) is 0.679. The Hall–Kier alpha value is 0.985. The van der Waals surface area contributed by atoms with Crippen LogP contribution >= 0.6 is 11.6 Å². The zero-order valence-electron chi connectivity index (χ0n) is 13.7. The van der Waals surface area contributed by atoms with Gasteiger partial charge in [0.2, 0.25) is 0 Å². The van der Waals surface area contributed by atoms with Crippen molar-refractivity contribution in [2.75, 3.05) is 0 Å². The summed E-state index contributed by atoms with van der Waals surface area (Å²) in [4.78, 5) is 0. The summed E-state index contributed by atoms with van der Waals surface area (Å²) >= 11 is 6.08. The Bertz CT molecular complexity index is 532. The molecule has 0 aromatic heterocycles. The Morgan fingerprint density at radius 2 is 1.86 bits per heavy atom. The van der Waals surface area contributed by atoms with Gasteiger partial charge in [-0.2, -0.15) is 23.7 Å². The Morgan fingerprint density at radius 1 is 1.14 bits per heavy atom. The average molecular weight is 391 g/mol. The predicted octanol–water partition coefficient (Wildman–Crippen LogP) is 3.29. The second-order valence-corrected chi connectivity index (χ2v) is 7.18. The zero-order chi connectivity index (χ0) is 14.8. The fourth-order valence-electron chi connectivity index (χ4n) is 3.99. The van der Waals surface area contributed by atoms with Gasteiger partial charge >= 0.3 is 58.2 Å². The van der Waals surface area contributed by atoms with E-state index < -0.39 is 5.82 Å². The van der Waals surface area contributed by atoms with E-state index in [0.717, 1.165) is 36.2 Å². The van der Waals surface area contributed by atoms with E-state index in [2.05, 4.69) is 19.1 Å². The van der Waals surface area contributed by atoms with Gasteiger partial charge in [-0.1, -0.05) is 31.4 Å². The van der Waals surface area contributed by atoms with E-state index in [0.29, 0.717) is 0 Å². The van der Waals surface area contributed by atoms with E-state index in [-0.39, 0.29) is 63.2 Å². The first-order chi connectivity index (χ1) is 10.1. The molecule has 2 aliphatic carbocycles. The minimum absolute atomic E-state index is 0. The fourth-order valence-corrected chi connectivity index (χ4v) is 4.22. The molecule has 3 heteroatoms. The zero-order valence-corrected chi connectivity index (χ0v) is 19.3. The molecule has 0 nitrogen and oxygen atoms in total. The van der Waals surface area contributed by atoms with Crippen LogP contribution < -0.4 is 58.2 Å². The smallest absolute Gasteiger partial charge is 0.235 e. The van der Waals surface area contributed by atoms with Crippen LogP contribution in [0.2, 0.25) is 5.02 Å². The van der Waals surface area contributed by atoms with E-state index in [1.807, 2.05) is 6.07 Å². The summed E-state index contributed by atoms with van der Waals surface area (Å²) in [6.07, 6.45) is 11.3. The molecule has 1 aromatic rings. The molecule has 0 aliphatic heterocycles. The summed E-state index contributed by atoms with van der Waals surface area (Å²) in [6, 6.07) is 6.04. The van der Waals surface area contributed by atoms with Gasteiger partial charge in [0.1, 0.15) is 0 Å². The summed E-state index contributed by atoms with van der Waals surface area (Å²) in [7, 11) is 0. The van der Waals surface area contributed by atoms with E-state index >= 15 is 0 Å². The van der Waals surface area contributed by atoms with Gasteiger partial charge in [-0.15, -0.1) is 11.6 Å². The number of hydrogen-bond donors (Lipinski definition) is 0. The Kier molecular flexibility index (Phi) is 7.81. The molecule has 0 N–H and O–H groups in total. The number of hydrogen-bond acceptors (Lipinski definition) is 0. The van der Waals surface area contributed by atoms with Crippen molar-refractivity contribution in [1.82, 2.24) is 0 Å². The molecule has 0 amide bonds. The van der Waals surface area contributed by atoms with E-state index in [9.17, 15) is 4.39 Å². The number of allylic oxidation sites excluding steroid dienone is 2. The van der Waals surface area contributed by atoms with Crippen molar-refractivity contribution in [3.8, 4) is 0 Å². The molecule has 1 aromatic carbocycles. The minimum Gasteiger partial charge on any atom is -0.235 e. The molecule has 1 unspecified atom stereocenters. The molecule has 2 aliphatic rings. The molecular formula is C19H23ClFRb. The molecule has 114 valence electrons. The van der Waals surface area contributed by atoms with Crippen LogP contribution in [-0.4, -0.2) is 0 Å². The topological polar surface area (TPSA) is 0 Å². The molecule has 0 heterocycles. The summed E-state index contributed by atoms with van der Waals surface area (Å²) in [5.74, 6) is 2.20. The summed E-state index contributed by atoms with van der Waals surface area (Å²) in [5.41, 5.74) is 2.08. The van der Waals surface area contributed by atoms with Gasteiger partial charge in [0.25, 0.3) is 0 Å². The second kappa shape index (κ2) is 8.90. The van der Waals surface area contributed by atoms with Crippen molar-refractivity contribution in [2.24, 2.45) is 17.8 Å². The van der Waals surface area contributed by atoms with Gasteiger partial charge < -0.3 is 0 Å². The minimum atomic E-state index is -0.432. The van der Waals surface area contributed by atoms with Crippen molar-refractivity contribution in [3.05, 3.63) is 40.7 Å². The van der Waals surface area contributed by atoms with Gasteiger partial charge in [-0.05, 0) is 54.9 Å². The fraction of sp³-hybridized carbons (Fsp3) is 0.579. The van der Waals surface area contributed by atoms with Crippen LogP contribution in [0.5, 0.6) is 0 Å². The maximum atomic E-state index is 13.5. The van der Waals surface area contributed by atoms with Gasteiger partial charge in [-0.25, -0.2) is 4.39 Å². The number of rotatable bonds is 2.